The van der Waals surface area contributed by atoms with E-state index < -0.39 is 26.5 Å². The van der Waals surface area contributed by atoms with E-state index in [0.717, 1.165) is 12.1 Å². The van der Waals surface area contributed by atoms with Crippen molar-refractivity contribution in [2.45, 2.75) is 4.90 Å². The van der Waals surface area contributed by atoms with E-state index in [4.69, 9.17) is 18.9 Å². The Balaban J connectivity index is 2.00. The summed E-state index contributed by atoms with van der Waals surface area (Å²) in [5, 5.41) is 11.0. The van der Waals surface area contributed by atoms with Gasteiger partial charge in [-0.2, -0.15) is 0 Å². The quantitative estimate of drug-likeness (QED) is 0.232. The molecule has 0 spiro atoms. The summed E-state index contributed by atoms with van der Waals surface area (Å²) in [5.74, 6) is 0.0892. The fourth-order valence-electron chi connectivity index (χ4n) is 3.35. The van der Waals surface area contributed by atoms with Crippen LogP contribution >= 0.6 is 0 Å². The minimum Gasteiger partial charge on any atom is -0.493 e. The van der Waals surface area contributed by atoms with Crippen LogP contribution in [0.5, 0.6) is 23.0 Å². The highest BCUT2D eigenvalue weighted by Gasteiger charge is 2.21. The normalized spacial score (nSPS) is 11.2. The molecule has 36 heavy (non-hydrogen) atoms. The maximum atomic E-state index is 14.8. The second-order valence-corrected chi connectivity index (χ2v) is 8.92. The smallest absolute Gasteiger partial charge is 0.270 e. The molecule has 0 unspecified atom stereocenters. The number of hydrogen-bond acceptors (Lipinski definition) is 8. The molecule has 0 aliphatic carbocycles. The molecule has 0 radical (unpaired) electrons. The van der Waals surface area contributed by atoms with Gasteiger partial charge in [0.15, 0.2) is 23.1 Å². The van der Waals surface area contributed by atoms with Gasteiger partial charge in [-0.1, -0.05) is 18.2 Å². The second-order valence-electron chi connectivity index (χ2n) is 7.24. The van der Waals surface area contributed by atoms with Gasteiger partial charge < -0.3 is 18.9 Å². The van der Waals surface area contributed by atoms with Crippen LogP contribution in [0.25, 0.3) is 12.2 Å². The second kappa shape index (κ2) is 11.0. The number of methoxy groups -OCH3 is 4. The molecular weight excluding hydrogens is 495 g/mol. The van der Waals surface area contributed by atoms with Crippen molar-refractivity contribution in [3.63, 3.8) is 0 Å². The van der Waals surface area contributed by atoms with E-state index in [1.165, 1.54) is 52.7 Å². The summed E-state index contributed by atoms with van der Waals surface area (Å²) in [6.07, 6.45) is 3.19. The lowest BCUT2D eigenvalue weighted by molar-refractivity contribution is -0.385. The Hall–Kier alpha value is -4.32. The molecule has 0 amide bonds. The van der Waals surface area contributed by atoms with Gasteiger partial charge in [0.1, 0.15) is 0 Å². The molecule has 0 saturated carbocycles. The summed E-state index contributed by atoms with van der Waals surface area (Å²) in [4.78, 5) is 9.95. The molecule has 3 aromatic rings. The van der Waals surface area contributed by atoms with Crippen LogP contribution in [-0.2, 0) is 10.0 Å². The van der Waals surface area contributed by atoms with Gasteiger partial charge in [-0.05, 0) is 41.5 Å². The average Bonchev–Trinajstić information content (AvgIpc) is 2.86. The molecular formula is C24H23FN2O8S. The third-order valence-electron chi connectivity index (χ3n) is 5.01. The van der Waals surface area contributed by atoms with E-state index in [9.17, 15) is 22.9 Å². The van der Waals surface area contributed by atoms with Gasteiger partial charge in [0.25, 0.3) is 15.7 Å². The number of halogens is 1. The molecule has 0 bridgehead atoms. The zero-order chi connectivity index (χ0) is 26.5. The maximum Gasteiger partial charge on any atom is 0.270 e. The number of anilines is 1. The SMILES string of the molecule is COc1cc(C=Cc2cc(F)c(OC)c(NS(=O)(=O)c3cccc([N+](=O)[O-])c3)c2)cc(OC)c1OC. The van der Waals surface area contributed by atoms with Gasteiger partial charge >= 0.3 is 0 Å². The van der Waals surface area contributed by atoms with Gasteiger partial charge in [0.2, 0.25) is 5.75 Å². The van der Waals surface area contributed by atoms with Crippen molar-refractivity contribution < 1.29 is 36.7 Å². The van der Waals surface area contributed by atoms with Gasteiger partial charge in [0.05, 0.1) is 43.9 Å². The molecule has 0 heterocycles. The van der Waals surface area contributed by atoms with Gasteiger partial charge in [-0.3, -0.25) is 14.8 Å². The van der Waals surface area contributed by atoms with Gasteiger partial charge in [-0.15, -0.1) is 0 Å². The summed E-state index contributed by atoms with van der Waals surface area (Å²) in [7, 11) is 1.32. The van der Waals surface area contributed by atoms with Gasteiger partial charge in [-0.25, -0.2) is 12.8 Å². The fourth-order valence-corrected chi connectivity index (χ4v) is 4.44. The van der Waals surface area contributed by atoms with E-state index in [2.05, 4.69) is 4.72 Å². The zero-order valence-corrected chi connectivity index (χ0v) is 20.6. The summed E-state index contributed by atoms with van der Waals surface area (Å²) < 4.78 is 63.8. The first kappa shape index (κ1) is 26.3. The molecule has 0 saturated heterocycles. The van der Waals surface area contributed by atoms with Crippen molar-refractivity contribution in [3.8, 4) is 23.0 Å². The largest absolute Gasteiger partial charge is 0.493 e. The van der Waals surface area contributed by atoms with Crippen LogP contribution in [-0.4, -0.2) is 41.8 Å². The summed E-state index contributed by atoms with van der Waals surface area (Å²) in [6, 6.07) is 10.4. The minimum atomic E-state index is -4.30. The van der Waals surface area contributed by atoms with Crippen LogP contribution < -0.4 is 23.7 Å². The zero-order valence-electron chi connectivity index (χ0n) is 19.8. The van der Waals surface area contributed by atoms with Crippen molar-refractivity contribution in [1.29, 1.82) is 0 Å². The van der Waals surface area contributed by atoms with Crippen LogP contribution in [0.4, 0.5) is 15.8 Å². The number of benzene rings is 3. The molecule has 3 rings (SSSR count). The molecule has 12 heteroatoms. The molecule has 10 nitrogen and oxygen atoms in total. The highest BCUT2D eigenvalue weighted by atomic mass is 32.2. The first-order chi connectivity index (χ1) is 17.1. The molecule has 190 valence electrons. The standard InChI is InChI=1S/C24H23FN2O8S/c1-32-21-12-16(13-22(33-2)24(21)35-4)9-8-15-10-19(25)23(34-3)20(11-15)26-36(30,31)18-7-5-6-17(14-18)27(28)29/h5-14,26H,1-4H3. The number of ether oxygens (including phenoxy) is 4. The van der Waals surface area contributed by atoms with Crippen LogP contribution in [0.3, 0.4) is 0 Å². The fraction of sp³-hybridized carbons (Fsp3) is 0.167. The number of non-ortho nitro benzene ring substituents is 1. The number of sulfonamides is 1. The van der Waals surface area contributed by atoms with Crippen LogP contribution in [0.15, 0.2) is 53.4 Å². The van der Waals surface area contributed by atoms with E-state index in [-0.39, 0.29) is 16.3 Å². The van der Waals surface area contributed by atoms with E-state index in [1.807, 2.05) is 0 Å². The summed E-state index contributed by atoms with van der Waals surface area (Å²) in [5.41, 5.74) is 0.352. The lowest BCUT2D eigenvalue weighted by Gasteiger charge is -2.14. The summed E-state index contributed by atoms with van der Waals surface area (Å²) in [6.45, 7) is 0. The van der Waals surface area contributed by atoms with Crippen LogP contribution in [0, 0.1) is 15.9 Å². The molecule has 0 fully saturated rings. The molecule has 0 aromatic heterocycles. The van der Waals surface area contributed by atoms with Gasteiger partial charge in [0, 0.05) is 12.1 Å². The van der Waals surface area contributed by atoms with Crippen molar-refractivity contribution in [1.82, 2.24) is 0 Å². The Kier molecular flexibility index (Phi) is 8.00. The first-order valence-corrected chi connectivity index (χ1v) is 11.7. The van der Waals surface area contributed by atoms with Crippen molar-refractivity contribution >= 4 is 33.6 Å². The Morgan fingerprint density at radius 2 is 1.44 bits per heavy atom. The van der Waals surface area contributed by atoms with E-state index in [0.29, 0.717) is 28.4 Å². The van der Waals surface area contributed by atoms with Crippen molar-refractivity contribution in [3.05, 3.63) is 75.6 Å². The number of nitrogens with zero attached hydrogens (tertiary/aromatic N) is 1. The van der Waals surface area contributed by atoms with E-state index in [1.54, 1.807) is 24.3 Å². The first-order valence-electron chi connectivity index (χ1n) is 10.3. The minimum absolute atomic E-state index is 0.187. The van der Waals surface area contributed by atoms with E-state index >= 15 is 0 Å². The Labute approximate surface area is 207 Å². The van der Waals surface area contributed by atoms with Crippen LogP contribution in [0.2, 0.25) is 0 Å². The Bertz CT molecular complexity index is 1400. The van der Waals surface area contributed by atoms with Crippen molar-refractivity contribution in [2.24, 2.45) is 0 Å². The topological polar surface area (TPSA) is 126 Å². The lowest BCUT2D eigenvalue weighted by atomic mass is 10.1. The molecule has 3 aromatic carbocycles. The number of nitro groups is 1. The molecule has 0 aliphatic rings. The predicted molar refractivity (Wildman–Crippen MR) is 132 cm³/mol. The third kappa shape index (κ3) is 5.66. The summed E-state index contributed by atoms with van der Waals surface area (Å²) >= 11 is 0. The number of rotatable bonds is 10. The predicted octanol–water partition coefficient (Wildman–Crippen LogP) is 4.74. The average molecular weight is 519 g/mol. The Morgan fingerprint density at radius 3 is 1.97 bits per heavy atom. The third-order valence-corrected chi connectivity index (χ3v) is 6.37. The number of hydrogen-bond donors (Lipinski definition) is 1. The van der Waals surface area contributed by atoms with Crippen molar-refractivity contribution in [2.75, 3.05) is 33.2 Å². The molecule has 0 atom stereocenters. The number of nitro benzene ring substituents is 1. The molecule has 0 aliphatic heterocycles. The number of nitrogens with one attached hydrogen (secondary N) is 1. The highest BCUT2D eigenvalue weighted by Crippen LogP contribution is 2.39. The lowest BCUT2D eigenvalue weighted by Crippen LogP contribution is -2.14. The maximum absolute atomic E-state index is 14.8. The Morgan fingerprint density at radius 1 is 0.861 bits per heavy atom. The van der Waals surface area contributed by atoms with Crippen LogP contribution in [0.1, 0.15) is 11.1 Å². The molecule has 1 N–H and O–H groups in total. The monoisotopic (exact) mass is 518 g/mol. The highest BCUT2D eigenvalue weighted by molar-refractivity contribution is 7.92.